The average Bonchev–Trinajstić information content (AvgIpc) is 1.98. The molecule has 92 valence electrons. The van der Waals surface area contributed by atoms with Gasteiger partial charge in [0.15, 0.2) is 0 Å². The van der Waals surface area contributed by atoms with Gasteiger partial charge in [-0.25, -0.2) is 8.42 Å². The fraction of sp³-hybridized carbons (Fsp3) is 1.00. The number of sulfone groups is 1. The van der Waals surface area contributed by atoms with E-state index >= 15 is 0 Å². The molecular weight excluding hydrogens is 212 g/mol. The van der Waals surface area contributed by atoms with Crippen LogP contribution in [0.3, 0.4) is 0 Å². The number of rotatable bonds is 7. The predicted molar refractivity (Wildman–Crippen MR) is 64.9 cm³/mol. The van der Waals surface area contributed by atoms with Gasteiger partial charge in [-0.2, -0.15) is 0 Å². The van der Waals surface area contributed by atoms with Gasteiger partial charge in [0.25, 0.3) is 0 Å². The van der Waals surface area contributed by atoms with Gasteiger partial charge in [0.2, 0.25) is 0 Å². The molecule has 0 bridgehead atoms. The van der Waals surface area contributed by atoms with Gasteiger partial charge in [0.05, 0.1) is 5.75 Å². The Balaban J connectivity index is 3.98. The fourth-order valence-corrected chi connectivity index (χ4v) is 2.31. The molecule has 0 rings (SSSR count). The van der Waals surface area contributed by atoms with Crippen LogP contribution in [0.25, 0.3) is 0 Å². The van der Waals surface area contributed by atoms with E-state index in [1.165, 1.54) is 6.26 Å². The minimum absolute atomic E-state index is 0.168. The van der Waals surface area contributed by atoms with Gasteiger partial charge in [0.1, 0.15) is 9.84 Å². The molecule has 4 nitrogen and oxygen atoms in total. The number of hydrogen-bond acceptors (Lipinski definition) is 4. The minimum atomic E-state index is -2.84. The van der Waals surface area contributed by atoms with Crippen molar-refractivity contribution >= 4 is 9.84 Å². The first-order chi connectivity index (χ1) is 6.66. The van der Waals surface area contributed by atoms with Crippen LogP contribution < -0.4 is 5.32 Å². The first kappa shape index (κ1) is 14.9. The van der Waals surface area contributed by atoms with Crippen molar-refractivity contribution in [2.45, 2.75) is 13.8 Å². The molecule has 0 aliphatic heterocycles. The summed E-state index contributed by atoms with van der Waals surface area (Å²) in [6.45, 7) is 6.76. The van der Waals surface area contributed by atoms with E-state index in [1.54, 1.807) is 0 Å². The molecule has 0 aliphatic rings. The molecule has 0 unspecified atom stereocenters. The van der Waals surface area contributed by atoms with Crippen molar-refractivity contribution in [3.63, 3.8) is 0 Å². The van der Waals surface area contributed by atoms with E-state index in [1.807, 2.05) is 14.1 Å². The summed E-state index contributed by atoms with van der Waals surface area (Å²) < 4.78 is 22.0. The summed E-state index contributed by atoms with van der Waals surface area (Å²) in [5, 5.41) is 3.14. The highest BCUT2D eigenvalue weighted by Crippen LogP contribution is 2.14. The van der Waals surface area contributed by atoms with Crippen LogP contribution >= 0.6 is 0 Å². The Morgan fingerprint density at radius 1 is 1.33 bits per heavy atom. The summed E-state index contributed by atoms with van der Waals surface area (Å²) in [6.07, 6.45) is 1.28. The Labute approximate surface area is 94.0 Å². The lowest BCUT2D eigenvalue weighted by molar-refractivity contribution is 0.215. The summed E-state index contributed by atoms with van der Waals surface area (Å²) in [5.74, 6) is 0.235. The molecule has 0 saturated heterocycles. The summed E-state index contributed by atoms with van der Waals surface area (Å²) in [6, 6.07) is 0. The SMILES string of the molecule is CNCC(C)(C)CN(C)CCS(C)(=O)=O. The number of hydrogen-bond donors (Lipinski definition) is 1. The summed E-state index contributed by atoms with van der Waals surface area (Å²) in [7, 11) is 1.05. The van der Waals surface area contributed by atoms with Crippen LogP contribution in [0.15, 0.2) is 0 Å². The Bertz CT molecular complexity index is 273. The van der Waals surface area contributed by atoms with E-state index in [0.717, 1.165) is 13.1 Å². The molecule has 0 radical (unpaired) electrons. The van der Waals surface area contributed by atoms with Crippen LogP contribution in [0.5, 0.6) is 0 Å². The minimum Gasteiger partial charge on any atom is -0.319 e. The quantitative estimate of drug-likeness (QED) is 0.686. The molecule has 0 spiro atoms. The molecule has 0 atom stereocenters. The maximum atomic E-state index is 11.0. The molecule has 0 aromatic carbocycles. The highest BCUT2D eigenvalue weighted by atomic mass is 32.2. The van der Waals surface area contributed by atoms with Crippen LogP contribution in [0.4, 0.5) is 0 Å². The van der Waals surface area contributed by atoms with Gasteiger partial charge in [-0.1, -0.05) is 13.8 Å². The van der Waals surface area contributed by atoms with Crippen LogP contribution in [0.1, 0.15) is 13.8 Å². The Hall–Kier alpha value is -0.130. The molecule has 5 heteroatoms. The smallest absolute Gasteiger partial charge is 0.148 e. The second kappa shape index (κ2) is 5.82. The normalized spacial score (nSPS) is 13.5. The van der Waals surface area contributed by atoms with Crippen molar-refractivity contribution in [3.8, 4) is 0 Å². The lowest BCUT2D eigenvalue weighted by atomic mass is 9.93. The van der Waals surface area contributed by atoms with Crippen molar-refractivity contribution in [1.29, 1.82) is 0 Å². The van der Waals surface area contributed by atoms with E-state index in [4.69, 9.17) is 0 Å². The lowest BCUT2D eigenvalue weighted by Crippen LogP contribution is -2.39. The molecule has 0 fully saturated rings. The third-order valence-electron chi connectivity index (χ3n) is 2.20. The Morgan fingerprint density at radius 3 is 2.27 bits per heavy atom. The first-order valence-corrected chi connectivity index (χ1v) is 7.23. The summed E-state index contributed by atoms with van der Waals surface area (Å²) >= 11 is 0. The second-order valence-corrected chi connectivity index (χ2v) is 7.32. The molecule has 0 heterocycles. The molecule has 0 aliphatic carbocycles. The zero-order valence-electron chi connectivity index (χ0n) is 10.5. The highest BCUT2D eigenvalue weighted by molar-refractivity contribution is 7.90. The van der Waals surface area contributed by atoms with Gasteiger partial charge in [-0.05, 0) is 19.5 Å². The van der Waals surface area contributed by atoms with Crippen LogP contribution in [-0.2, 0) is 9.84 Å². The van der Waals surface area contributed by atoms with E-state index < -0.39 is 9.84 Å². The maximum absolute atomic E-state index is 11.0. The third-order valence-corrected chi connectivity index (χ3v) is 3.12. The molecule has 0 aromatic heterocycles. The molecule has 0 saturated carbocycles. The molecule has 1 N–H and O–H groups in total. The zero-order valence-corrected chi connectivity index (χ0v) is 11.3. The van der Waals surface area contributed by atoms with Crippen molar-refractivity contribution in [3.05, 3.63) is 0 Å². The lowest BCUT2D eigenvalue weighted by Gasteiger charge is -2.29. The van der Waals surface area contributed by atoms with E-state index in [-0.39, 0.29) is 11.2 Å². The maximum Gasteiger partial charge on any atom is 0.148 e. The van der Waals surface area contributed by atoms with Gasteiger partial charge in [0, 0.05) is 25.9 Å². The first-order valence-electron chi connectivity index (χ1n) is 5.17. The van der Waals surface area contributed by atoms with Crippen molar-refractivity contribution < 1.29 is 8.42 Å². The van der Waals surface area contributed by atoms with Crippen molar-refractivity contribution in [2.24, 2.45) is 5.41 Å². The van der Waals surface area contributed by atoms with Crippen LogP contribution in [-0.4, -0.2) is 59.1 Å². The average molecular weight is 236 g/mol. The van der Waals surface area contributed by atoms with Crippen LogP contribution in [0.2, 0.25) is 0 Å². The summed E-state index contributed by atoms with van der Waals surface area (Å²) in [5.41, 5.74) is 0.168. The number of nitrogens with zero attached hydrogens (tertiary/aromatic N) is 1. The molecule has 15 heavy (non-hydrogen) atoms. The monoisotopic (exact) mass is 236 g/mol. The summed E-state index contributed by atoms with van der Waals surface area (Å²) in [4.78, 5) is 2.07. The molecule has 0 amide bonds. The van der Waals surface area contributed by atoms with Gasteiger partial charge in [-0.15, -0.1) is 0 Å². The van der Waals surface area contributed by atoms with Gasteiger partial charge in [-0.3, -0.25) is 0 Å². The Morgan fingerprint density at radius 2 is 1.87 bits per heavy atom. The molecular formula is C10H24N2O2S. The van der Waals surface area contributed by atoms with Crippen LogP contribution in [0, 0.1) is 5.41 Å². The zero-order chi connectivity index (χ0) is 12.1. The standard InChI is InChI=1S/C10H24N2O2S/c1-10(2,8-11-3)9-12(4)6-7-15(5,13)14/h11H,6-9H2,1-5H3. The fourth-order valence-electron chi connectivity index (χ4n) is 1.67. The van der Waals surface area contributed by atoms with Crippen molar-refractivity contribution in [1.82, 2.24) is 10.2 Å². The molecule has 0 aromatic rings. The predicted octanol–water partition coefficient (Wildman–Crippen LogP) is 0.208. The van der Waals surface area contributed by atoms with E-state index in [0.29, 0.717) is 6.54 Å². The second-order valence-electron chi connectivity index (χ2n) is 5.06. The van der Waals surface area contributed by atoms with E-state index in [9.17, 15) is 8.42 Å². The third kappa shape index (κ3) is 8.84. The Kier molecular flexibility index (Phi) is 5.77. The van der Waals surface area contributed by atoms with Gasteiger partial charge < -0.3 is 10.2 Å². The number of nitrogens with one attached hydrogen (secondary N) is 1. The largest absolute Gasteiger partial charge is 0.319 e. The van der Waals surface area contributed by atoms with Gasteiger partial charge >= 0.3 is 0 Å². The topological polar surface area (TPSA) is 49.4 Å². The van der Waals surface area contributed by atoms with E-state index in [2.05, 4.69) is 24.1 Å². The highest BCUT2D eigenvalue weighted by Gasteiger charge is 2.19. The van der Waals surface area contributed by atoms with Crippen molar-refractivity contribution in [2.75, 3.05) is 45.7 Å².